The molecule has 0 unspecified atom stereocenters. The van der Waals surface area contributed by atoms with Crippen LogP contribution in [0, 0.1) is 0 Å². The molecule has 5 N–H and O–H groups in total. The van der Waals surface area contributed by atoms with Gasteiger partial charge in [-0.3, -0.25) is 4.79 Å². The minimum Gasteiger partial charge on any atom is -0.397 e. The van der Waals surface area contributed by atoms with Crippen LogP contribution in [0.5, 0.6) is 0 Å². The van der Waals surface area contributed by atoms with Crippen molar-refractivity contribution < 1.29 is 13.2 Å². The topological polar surface area (TPSA) is 113 Å². The summed E-state index contributed by atoms with van der Waals surface area (Å²) in [4.78, 5) is 10.8. The molecular formula is C11H18N4O3S. The molecule has 0 bridgehead atoms. The highest BCUT2D eigenvalue weighted by Gasteiger charge is 2.12. The van der Waals surface area contributed by atoms with Gasteiger partial charge in [-0.05, 0) is 25.2 Å². The summed E-state index contributed by atoms with van der Waals surface area (Å²) in [6.45, 7) is 2.40. The maximum atomic E-state index is 11.6. The Hall–Kier alpha value is -1.80. The highest BCUT2D eigenvalue weighted by atomic mass is 32.2. The number of nitrogens with one attached hydrogen (secondary N) is 3. The van der Waals surface area contributed by atoms with Crippen molar-refractivity contribution >= 4 is 27.3 Å². The van der Waals surface area contributed by atoms with Crippen LogP contribution < -0.4 is 21.1 Å². The van der Waals surface area contributed by atoms with Gasteiger partial charge in [0.15, 0.2) is 0 Å². The first-order valence-electron chi connectivity index (χ1n) is 5.68. The lowest BCUT2D eigenvalue weighted by molar-refractivity contribution is -0.118. The summed E-state index contributed by atoms with van der Waals surface area (Å²) in [5.41, 5.74) is 6.73. The van der Waals surface area contributed by atoms with Crippen molar-refractivity contribution in [2.45, 2.75) is 11.8 Å². The van der Waals surface area contributed by atoms with Gasteiger partial charge in [-0.1, -0.05) is 0 Å². The van der Waals surface area contributed by atoms with E-state index in [1.54, 1.807) is 6.07 Å². The maximum Gasteiger partial charge on any atom is 0.240 e. The standard InChI is InChI=1S/C11H18N4O3S/c1-8(16)14-5-6-15-11-4-3-9(7-10(11)12)19(17,18)13-2/h3-4,7,13,15H,5-6,12H2,1-2H3,(H,14,16). The van der Waals surface area contributed by atoms with Crippen molar-refractivity contribution in [3.63, 3.8) is 0 Å². The minimum absolute atomic E-state index is 0.106. The Labute approximate surface area is 112 Å². The van der Waals surface area contributed by atoms with Gasteiger partial charge < -0.3 is 16.4 Å². The molecule has 0 aromatic heterocycles. The van der Waals surface area contributed by atoms with Crippen LogP contribution >= 0.6 is 0 Å². The molecule has 0 aliphatic carbocycles. The van der Waals surface area contributed by atoms with Crippen LogP contribution in [-0.2, 0) is 14.8 Å². The Morgan fingerprint density at radius 3 is 2.53 bits per heavy atom. The molecule has 0 radical (unpaired) electrons. The van der Waals surface area contributed by atoms with Gasteiger partial charge in [0.1, 0.15) is 0 Å². The number of nitrogens with two attached hydrogens (primary N) is 1. The number of rotatable bonds is 6. The monoisotopic (exact) mass is 286 g/mol. The number of carbonyl (C=O) groups excluding carboxylic acids is 1. The minimum atomic E-state index is -3.49. The molecule has 1 rings (SSSR count). The summed E-state index contributed by atoms with van der Waals surface area (Å²) in [5, 5.41) is 5.64. The summed E-state index contributed by atoms with van der Waals surface area (Å²) < 4.78 is 25.3. The Balaban J connectivity index is 2.70. The molecule has 0 atom stereocenters. The second-order valence-corrected chi connectivity index (χ2v) is 5.75. The predicted octanol–water partition coefficient (Wildman–Crippen LogP) is -0.275. The first kappa shape index (κ1) is 15.3. The second-order valence-electron chi connectivity index (χ2n) is 3.87. The van der Waals surface area contributed by atoms with E-state index in [2.05, 4.69) is 15.4 Å². The number of amides is 1. The summed E-state index contributed by atoms with van der Waals surface area (Å²) >= 11 is 0. The van der Waals surface area contributed by atoms with Gasteiger partial charge >= 0.3 is 0 Å². The molecule has 7 nitrogen and oxygen atoms in total. The third kappa shape index (κ3) is 4.42. The number of benzene rings is 1. The molecule has 19 heavy (non-hydrogen) atoms. The van der Waals surface area contributed by atoms with E-state index >= 15 is 0 Å². The average Bonchev–Trinajstić information content (AvgIpc) is 2.35. The fraction of sp³-hybridized carbons (Fsp3) is 0.364. The Morgan fingerprint density at radius 1 is 1.32 bits per heavy atom. The molecule has 0 aliphatic rings. The van der Waals surface area contributed by atoms with E-state index in [1.807, 2.05) is 0 Å². The smallest absolute Gasteiger partial charge is 0.240 e. The van der Waals surface area contributed by atoms with E-state index in [1.165, 1.54) is 26.1 Å². The third-order valence-corrected chi connectivity index (χ3v) is 3.83. The lowest BCUT2D eigenvalue weighted by Gasteiger charge is -2.11. The maximum absolute atomic E-state index is 11.6. The number of anilines is 2. The predicted molar refractivity (Wildman–Crippen MR) is 74.3 cm³/mol. The first-order chi connectivity index (χ1) is 8.86. The van der Waals surface area contributed by atoms with Gasteiger partial charge in [-0.2, -0.15) is 0 Å². The zero-order valence-electron chi connectivity index (χ0n) is 10.9. The molecule has 0 saturated carbocycles. The van der Waals surface area contributed by atoms with Crippen molar-refractivity contribution in [2.75, 3.05) is 31.2 Å². The molecule has 8 heteroatoms. The van der Waals surface area contributed by atoms with Crippen molar-refractivity contribution in [1.29, 1.82) is 0 Å². The van der Waals surface area contributed by atoms with Crippen molar-refractivity contribution in [3.05, 3.63) is 18.2 Å². The van der Waals surface area contributed by atoms with Gasteiger partial charge in [-0.15, -0.1) is 0 Å². The number of carbonyl (C=O) groups is 1. The zero-order chi connectivity index (χ0) is 14.5. The fourth-order valence-corrected chi connectivity index (χ4v) is 2.19. The molecule has 0 heterocycles. The van der Waals surface area contributed by atoms with Crippen molar-refractivity contribution in [3.8, 4) is 0 Å². The molecule has 1 aromatic rings. The molecule has 0 spiro atoms. The zero-order valence-corrected chi connectivity index (χ0v) is 11.7. The van der Waals surface area contributed by atoms with E-state index < -0.39 is 10.0 Å². The van der Waals surface area contributed by atoms with Crippen LogP contribution in [0.1, 0.15) is 6.92 Å². The van der Waals surface area contributed by atoms with E-state index in [9.17, 15) is 13.2 Å². The van der Waals surface area contributed by atoms with Crippen molar-refractivity contribution in [1.82, 2.24) is 10.0 Å². The fourth-order valence-electron chi connectivity index (χ4n) is 1.42. The summed E-state index contributed by atoms with van der Waals surface area (Å²) in [6.07, 6.45) is 0. The quantitative estimate of drug-likeness (QED) is 0.424. The van der Waals surface area contributed by atoms with E-state index in [0.29, 0.717) is 24.5 Å². The first-order valence-corrected chi connectivity index (χ1v) is 7.16. The van der Waals surface area contributed by atoms with Crippen LogP contribution in [0.4, 0.5) is 11.4 Å². The van der Waals surface area contributed by atoms with Gasteiger partial charge in [0, 0.05) is 20.0 Å². The highest BCUT2D eigenvalue weighted by molar-refractivity contribution is 7.89. The molecule has 1 aromatic carbocycles. The van der Waals surface area contributed by atoms with E-state index in [4.69, 9.17) is 5.73 Å². The SMILES string of the molecule is CNS(=O)(=O)c1ccc(NCCNC(C)=O)c(N)c1. The molecule has 0 saturated heterocycles. The van der Waals surface area contributed by atoms with Gasteiger partial charge in [-0.25, -0.2) is 13.1 Å². The molecule has 0 fully saturated rings. The van der Waals surface area contributed by atoms with E-state index in [-0.39, 0.29) is 10.8 Å². The number of hydrogen-bond donors (Lipinski definition) is 4. The van der Waals surface area contributed by atoms with E-state index in [0.717, 1.165) is 0 Å². The Morgan fingerprint density at radius 2 is 2.00 bits per heavy atom. The van der Waals surface area contributed by atoms with Crippen molar-refractivity contribution in [2.24, 2.45) is 0 Å². The molecule has 0 aliphatic heterocycles. The average molecular weight is 286 g/mol. The molecule has 1 amide bonds. The van der Waals surface area contributed by atoms with Crippen LogP contribution in [0.3, 0.4) is 0 Å². The molecular weight excluding hydrogens is 268 g/mol. The lowest BCUT2D eigenvalue weighted by atomic mass is 10.2. The Kier molecular flexibility index (Phi) is 5.13. The van der Waals surface area contributed by atoms with Gasteiger partial charge in [0.05, 0.1) is 16.3 Å². The van der Waals surface area contributed by atoms with Gasteiger partial charge in [0.25, 0.3) is 0 Å². The Bertz CT molecular complexity index is 557. The van der Waals surface area contributed by atoms with Crippen LogP contribution in [-0.4, -0.2) is 34.5 Å². The number of nitrogen functional groups attached to an aromatic ring is 1. The second kappa shape index (κ2) is 6.39. The summed E-state index contributed by atoms with van der Waals surface area (Å²) in [5.74, 6) is -0.106. The summed E-state index contributed by atoms with van der Waals surface area (Å²) in [6, 6.07) is 4.43. The number of hydrogen-bond acceptors (Lipinski definition) is 5. The summed E-state index contributed by atoms with van der Waals surface area (Å²) in [7, 11) is -2.15. The van der Waals surface area contributed by atoms with Crippen LogP contribution in [0.25, 0.3) is 0 Å². The number of sulfonamides is 1. The molecule has 106 valence electrons. The lowest BCUT2D eigenvalue weighted by Crippen LogP contribution is -2.26. The van der Waals surface area contributed by atoms with Gasteiger partial charge in [0.2, 0.25) is 15.9 Å². The van der Waals surface area contributed by atoms with Crippen LogP contribution in [0.15, 0.2) is 23.1 Å². The highest BCUT2D eigenvalue weighted by Crippen LogP contribution is 2.22. The third-order valence-electron chi connectivity index (χ3n) is 2.42. The normalized spacial score (nSPS) is 11.1. The largest absolute Gasteiger partial charge is 0.397 e. The van der Waals surface area contributed by atoms with Crippen LogP contribution in [0.2, 0.25) is 0 Å².